The number of benzene rings is 2. The van der Waals surface area contributed by atoms with Gasteiger partial charge in [-0.05, 0) is 62.4 Å². The fourth-order valence-corrected chi connectivity index (χ4v) is 3.27. The van der Waals surface area contributed by atoms with Crippen molar-refractivity contribution in [2.24, 2.45) is 5.73 Å². The first-order valence-corrected chi connectivity index (χ1v) is 10.6. The van der Waals surface area contributed by atoms with Crippen LogP contribution in [-0.2, 0) is 0 Å². The average Bonchev–Trinajstić information content (AvgIpc) is 3.19. The van der Waals surface area contributed by atoms with Crippen LogP contribution in [-0.4, -0.2) is 39.0 Å². The molecule has 35 heavy (non-hydrogen) atoms. The maximum absolute atomic E-state index is 12.6. The Kier molecular flexibility index (Phi) is 6.35. The summed E-state index contributed by atoms with van der Waals surface area (Å²) in [4.78, 5) is 16.7. The lowest BCUT2D eigenvalue weighted by Gasteiger charge is -2.18. The number of alkyl halides is 3. The standard InChI is InChI=1S/C24H23F3N6O2/c1-23(2,28)14-29-21(34)15-9-11-17(12-10-15)30-22-31-20-8-4-7-19(33(20)32-22)16-5-3-6-18(13-16)35-24(25,26)27/h3-13H,14,28H2,1-2H3,(H,29,34)(H,30,32). The van der Waals surface area contributed by atoms with Crippen molar-refractivity contribution in [1.29, 1.82) is 0 Å². The number of amides is 1. The predicted octanol–water partition coefficient (Wildman–Crippen LogP) is 4.51. The third-order valence-corrected chi connectivity index (χ3v) is 4.83. The SMILES string of the molecule is CC(C)(N)CNC(=O)c1ccc(Nc2nc3cccc(-c4cccc(OC(F)(F)F)c4)n3n2)cc1. The largest absolute Gasteiger partial charge is 0.573 e. The smallest absolute Gasteiger partial charge is 0.406 e. The Morgan fingerprint density at radius 3 is 2.46 bits per heavy atom. The van der Waals surface area contributed by atoms with E-state index in [9.17, 15) is 18.0 Å². The number of aromatic nitrogens is 3. The monoisotopic (exact) mass is 484 g/mol. The lowest BCUT2D eigenvalue weighted by atomic mass is 10.1. The molecule has 182 valence electrons. The van der Waals surface area contributed by atoms with Crippen molar-refractivity contribution in [1.82, 2.24) is 19.9 Å². The van der Waals surface area contributed by atoms with Gasteiger partial charge in [0.25, 0.3) is 5.91 Å². The molecule has 4 rings (SSSR count). The number of pyridine rings is 1. The summed E-state index contributed by atoms with van der Waals surface area (Å²) in [5.74, 6) is -0.283. The van der Waals surface area contributed by atoms with Crippen LogP contribution < -0.4 is 21.1 Å². The van der Waals surface area contributed by atoms with Crippen LogP contribution in [0.25, 0.3) is 16.9 Å². The minimum absolute atomic E-state index is 0.234. The minimum atomic E-state index is -4.79. The van der Waals surface area contributed by atoms with E-state index in [-0.39, 0.29) is 17.6 Å². The van der Waals surface area contributed by atoms with Crippen LogP contribution in [0.4, 0.5) is 24.8 Å². The molecule has 0 atom stereocenters. The van der Waals surface area contributed by atoms with Crippen LogP contribution in [0.2, 0.25) is 0 Å². The van der Waals surface area contributed by atoms with Crippen molar-refractivity contribution in [2.45, 2.75) is 25.7 Å². The number of anilines is 2. The Morgan fingerprint density at radius 1 is 1.06 bits per heavy atom. The second-order valence-electron chi connectivity index (χ2n) is 8.57. The van der Waals surface area contributed by atoms with E-state index in [0.29, 0.717) is 34.7 Å². The number of ether oxygens (including phenoxy) is 1. The van der Waals surface area contributed by atoms with Gasteiger partial charge in [0.15, 0.2) is 5.65 Å². The molecule has 8 nitrogen and oxygen atoms in total. The first-order chi connectivity index (χ1) is 16.5. The van der Waals surface area contributed by atoms with Crippen molar-refractivity contribution in [3.8, 4) is 17.0 Å². The van der Waals surface area contributed by atoms with Crippen molar-refractivity contribution in [3.05, 3.63) is 72.3 Å². The molecule has 0 spiro atoms. The summed E-state index contributed by atoms with van der Waals surface area (Å²) < 4.78 is 43.4. The number of carbonyl (C=O) groups is 1. The van der Waals surface area contributed by atoms with E-state index in [1.807, 2.05) is 13.8 Å². The molecule has 4 N–H and O–H groups in total. The number of hydrogen-bond donors (Lipinski definition) is 3. The zero-order valence-electron chi connectivity index (χ0n) is 18.9. The molecule has 0 bridgehead atoms. The lowest BCUT2D eigenvalue weighted by molar-refractivity contribution is -0.274. The summed E-state index contributed by atoms with van der Waals surface area (Å²) in [6.07, 6.45) is -4.79. The number of fused-ring (bicyclic) bond motifs is 1. The van der Waals surface area contributed by atoms with E-state index in [1.54, 1.807) is 48.5 Å². The van der Waals surface area contributed by atoms with Crippen LogP contribution in [0.3, 0.4) is 0 Å². The molecule has 11 heteroatoms. The van der Waals surface area contributed by atoms with Gasteiger partial charge in [0.05, 0.1) is 5.69 Å². The third-order valence-electron chi connectivity index (χ3n) is 4.83. The molecule has 2 aromatic carbocycles. The van der Waals surface area contributed by atoms with Gasteiger partial charge in [-0.25, -0.2) is 4.52 Å². The average molecular weight is 484 g/mol. The highest BCUT2D eigenvalue weighted by atomic mass is 19.4. The highest BCUT2D eigenvalue weighted by molar-refractivity contribution is 5.94. The number of nitrogens with zero attached hydrogens (tertiary/aromatic N) is 3. The van der Waals surface area contributed by atoms with Crippen molar-refractivity contribution < 1.29 is 22.7 Å². The van der Waals surface area contributed by atoms with E-state index >= 15 is 0 Å². The molecule has 0 saturated carbocycles. The molecule has 1 amide bonds. The number of nitrogens with one attached hydrogen (secondary N) is 2. The maximum atomic E-state index is 12.6. The summed E-state index contributed by atoms with van der Waals surface area (Å²) in [7, 11) is 0. The summed E-state index contributed by atoms with van der Waals surface area (Å²) in [5, 5.41) is 10.3. The second kappa shape index (κ2) is 9.26. The van der Waals surface area contributed by atoms with Gasteiger partial charge in [-0.1, -0.05) is 18.2 Å². The highest BCUT2D eigenvalue weighted by Crippen LogP contribution is 2.28. The molecule has 0 radical (unpaired) electrons. The normalized spacial score (nSPS) is 11.9. The highest BCUT2D eigenvalue weighted by Gasteiger charge is 2.31. The Bertz CT molecular complexity index is 1340. The van der Waals surface area contributed by atoms with Crippen molar-refractivity contribution >= 4 is 23.2 Å². The van der Waals surface area contributed by atoms with Gasteiger partial charge in [0.2, 0.25) is 5.95 Å². The molecule has 2 heterocycles. The van der Waals surface area contributed by atoms with E-state index in [4.69, 9.17) is 5.73 Å². The van der Waals surface area contributed by atoms with Gasteiger partial charge in [0, 0.05) is 28.9 Å². The molecule has 0 aliphatic heterocycles. The summed E-state index contributed by atoms with van der Waals surface area (Å²) in [6, 6.07) is 17.6. The Labute approximate surface area is 198 Å². The zero-order chi connectivity index (χ0) is 25.2. The minimum Gasteiger partial charge on any atom is -0.406 e. The fraction of sp³-hybridized carbons (Fsp3) is 0.208. The lowest BCUT2D eigenvalue weighted by Crippen LogP contribution is -2.45. The van der Waals surface area contributed by atoms with Gasteiger partial charge in [-0.2, -0.15) is 4.98 Å². The van der Waals surface area contributed by atoms with E-state index in [0.717, 1.165) is 0 Å². The number of halogens is 3. The molecule has 4 aromatic rings. The van der Waals surface area contributed by atoms with Crippen LogP contribution in [0.1, 0.15) is 24.2 Å². The summed E-state index contributed by atoms with van der Waals surface area (Å²) >= 11 is 0. The zero-order valence-corrected chi connectivity index (χ0v) is 18.9. The Hall–Kier alpha value is -4.12. The molecule has 0 saturated heterocycles. The number of nitrogens with two attached hydrogens (primary N) is 1. The topological polar surface area (TPSA) is 107 Å². The van der Waals surface area contributed by atoms with Crippen LogP contribution >= 0.6 is 0 Å². The number of hydrogen-bond acceptors (Lipinski definition) is 6. The molecule has 0 fully saturated rings. The van der Waals surface area contributed by atoms with Crippen LogP contribution in [0, 0.1) is 0 Å². The predicted molar refractivity (Wildman–Crippen MR) is 125 cm³/mol. The quantitative estimate of drug-likeness (QED) is 0.357. The fourth-order valence-electron chi connectivity index (χ4n) is 3.27. The molecule has 2 aromatic heterocycles. The van der Waals surface area contributed by atoms with Gasteiger partial charge < -0.3 is 21.1 Å². The number of rotatable bonds is 7. The van der Waals surface area contributed by atoms with E-state index < -0.39 is 11.9 Å². The first kappa shape index (κ1) is 24.0. The Morgan fingerprint density at radius 2 is 1.77 bits per heavy atom. The van der Waals surface area contributed by atoms with Crippen LogP contribution in [0.5, 0.6) is 5.75 Å². The van der Waals surface area contributed by atoms with Gasteiger partial charge in [-0.3, -0.25) is 4.79 Å². The summed E-state index contributed by atoms with van der Waals surface area (Å²) in [5.41, 5.74) is 8.01. The maximum Gasteiger partial charge on any atom is 0.573 e. The number of carbonyl (C=O) groups excluding carboxylic acids is 1. The first-order valence-electron chi connectivity index (χ1n) is 10.6. The van der Waals surface area contributed by atoms with Crippen molar-refractivity contribution in [3.63, 3.8) is 0 Å². The summed E-state index contributed by atoms with van der Waals surface area (Å²) in [6.45, 7) is 3.98. The van der Waals surface area contributed by atoms with E-state index in [2.05, 4.69) is 25.5 Å². The van der Waals surface area contributed by atoms with Gasteiger partial charge >= 0.3 is 6.36 Å². The van der Waals surface area contributed by atoms with Crippen LogP contribution in [0.15, 0.2) is 66.7 Å². The Balaban J connectivity index is 1.53. The second-order valence-corrected chi connectivity index (χ2v) is 8.57. The molecule has 0 unspecified atom stereocenters. The van der Waals surface area contributed by atoms with Crippen molar-refractivity contribution in [2.75, 3.05) is 11.9 Å². The van der Waals surface area contributed by atoms with E-state index in [1.165, 1.54) is 22.7 Å². The molecular weight excluding hydrogens is 461 g/mol. The molecule has 0 aliphatic carbocycles. The third kappa shape index (κ3) is 6.27. The van der Waals surface area contributed by atoms with Gasteiger partial charge in [-0.15, -0.1) is 18.3 Å². The molecular formula is C24H23F3N6O2. The molecule has 0 aliphatic rings. The van der Waals surface area contributed by atoms with Gasteiger partial charge in [0.1, 0.15) is 5.75 Å².